The second-order valence-electron chi connectivity index (χ2n) is 5.91. The Balaban J connectivity index is 1.70. The van der Waals surface area contributed by atoms with Gasteiger partial charge < -0.3 is 15.2 Å². The Morgan fingerprint density at radius 3 is 2.83 bits per heavy atom. The number of hydrogen-bond acceptors (Lipinski definition) is 4. The van der Waals surface area contributed by atoms with Crippen molar-refractivity contribution in [2.75, 3.05) is 32.8 Å². The molecular weight excluding hydrogens is 299 g/mol. The standard InChI is InChI=1S/C17H25FN2O3/c1-2-17(13-21)8-3-10-20(17)12-16(22)19-9-11-23-15-6-4-14(18)5-7-15/h4-7,21H,2-3,8-13H2,1H3,(H,19,22). The van der Waals surface area contributed by atoms with E-state index in [1.807, 2.05) is 6.92 Å². The summed E-state index contributed by atoms with van der Waals surface area (Å²) in [6.45, 7) is 3.99. The Bertz CT molecular complexity index is 503. The van der Waals surface area contributed by atoms with E-state index in [1.54, 1.807) is 12.1 Å². The average Bonchev–Trinajstić information content (AvgIpc) is 2.96. The van der Waals surface area contributed by atoms with Gasteiger partial charge in [-0.25, -0.2) is 4.39 Å². The molecule has 1 saturated heterocycles. The topological polar surface area (TPSA) is 61.8 Å². The molecule has 1 unspecified atom stereocenters. The molecule has 0 saturated carbocycles. The number of hydrogen-bond donors (Lipinski definition) is 2. The largest absolute Gasteiger partial charge is 0.492 e. The molecule has 5 nitrogen and oxygen atoms in total. The molecule has 0 spiro atoms. The summed E-state index contributed by atoms with van der Waals surface area (Å²) in [6, 6.07) is 5.78. The minimum Gasteiger partial charge on any atom is -0.492 e. The van der Waals surface area contributed by atoms with Crippen molar-refractivity contribution in [2.45, 2.75) is 31.7 Å². The van der Waals surface area contributed by atoms with Crippen LogP contribution in [-0.4, -0.2) is 54.3 Å². The van der Waals surface area contributed by atoms with Crippen LogP contribution in [0.1, 0.15) is 26.2 Å². The van der Waals surface area contributed by atoms with Gasteiger partial charge in [0.15, 0.2) is 0 Å². The van der Waals surface area contributed by atoms with E-state index in [1.165, 1.54) is 12.1 Å². The molecule has 0 bridgehead atoms. The number of nitrogens with zero attached hydrogens (tertiary/aromatic N) is 1. The normalized spacial score (nSPS) is 21.3. The van der Waals surface area contributed by atoms with E-state index < -0.39 is 0 Å². The highest BCUT2D eigenvalue weighted by Crippen LogP contribution is 2.31. The van der Waals surface area contributed by atoms with Crippen LogP contribution < -0.4 is 10.1 Å². The highest BCUT2D eigenvalue weighted by molar-refractivity contribution is 5.78. The van der Waals surface area contributed by atoms with Gasteiger partial charge in [0.2, 0.25) is 5.91 Å². The van der Waals surface area contributed by atoms with Crippen molar-refractivity contribution in [1.29, 1.82) is 0 Å². The summed E-state index contributed by atoms with van der Waals surface area (Å²) >= 11 is 0. The predicted molar refractivity (Wildman–Crippen MR) is 85.8 cm³/mol. The lowest BCUT2D eigenvalue weighted by molar-refractivity contribution is -0.123. The Morgan fingerprint density at radius 1 is 1.43 bits per heavy atom. The summed E-state index contributed by atoms with van der Waals surface area (Å²) in [5.74, 6) is 0.200. The van der Waals surface area contributed by atoms with E-state index in [9.17, 15) is 14.3 Å². The van der Waals surface area contributed by atoms with Crippen molar-refractivity contribution in [3.63, 3.8) is 0 Å². The van der Waals surface area contributed by atoms with Gasteiger partial charge in [0, 0.05) is 5.54 Å². The molecule has 1 atom stereocenters. The van der Waals surface area contributed by atoms with E-state index in [4.69, 9.17) is 4.74 Å². The van der Waals surface area contributed by atoms with Crippen LogP contribution in [0, 0.1) is 5.82 Å². The zero-order valence-corrected chi connectivity index (χ0v) is 13.6. The lowest BCUT2D eigenvalue weighted by Gasteiger charge is -2.35. The van der Waals surface area contributed by atoms with Gasteiger partial charge in [0.25, 0.3) is 0 Å². The molecule has 1 aromatic rings. The van der Waals surface area contributed by atoms with Gasteiger partial charge in [-0.3, -0.25) is 9.69 Å². The molecule has 1 aliphatic rings. The van der Waals surface area contributed by atoms with Gasteiger partial charge in [-0.15, -0.1) is 0 Å². The van der Waals surface area contributed by atoms with Crippen LogP contribution >= 0.6 is 0 Å². The first-order valence-corrected chi connectivity index (χ1v) is 8.10. The zero-order valence-electron chi connectivity index (χ0n) is 13.6. The maximum atomic E-state index is 12.8. The Kier molecular flexibility index (Phi) is 6.36. The van der Waals surface area contributed by atoms with Crippen molar-refractivity contribution in [1.82, 2.24) is 10.2 Å². The van der Waals surface area contributed by atoms with Crippen LogP contribution in [0.15, 0.2) is 24.3 Å². The van der Waals surface area contributed by atoms with Crippen molar-refractivity contribution in [2.24, 2.45) is 0 Å². The third kappa shape index (κ3) is 4.65. The summed E-state index contributed by atoms with van der Waals surface area (Å²) in [6.07, 6.45) is 2.78. The van der Waals surface area contributed by atoms with E-state index in [2.05, 4.69) is 10.2 Å². The number of aliphatic hydroxyl groups is 1. The van der Waals surface area contributed by atoms with E-state index >= 15 is 0 Å². The number of benzene rings is 1. The second-order valence-corrected chi connectivity index (χ2v) is 5.91. The molecule has 6 heteroatoms. The Morgan fingerprint density at radius 2 is 2.17 bits per heavy atom. The van der Waals surface area contributed by atoms with E-state index in [0.29, 0.717) is 25.4 Å². The third-order valence-electron chi connectivity index (χ3n) is 4.53. The number of amides is 1. The lowest BCUT2D eigenvalue weighted by atomic mass is 9.94. The first kappa shape index (κ1) is 17.7. The van der Waals surface area contributed by atoms with Crippen LogP contribution in [0.3, 0.4) is 0 Å². The molecule has 128 valence electrons. The third-order valence-corrected chi connectivity index (χ3v) is 4.53. The fraction of sp³-hybridized carbons (Fsp3) is 0.588. The average molecular weight is 324 g/mol. The quantitative estimate of drug-likeness (QED) is 0.713. The summed E-state index contributed by atoms with van der Waals surface area (Å²) < 4.78 is 18.2. The molecule has 0 aliphatic carbocycles. The molecule has 2 N–H and O–H groups in total. The van der Waals surface area contributed by atoms with E-state index in [-0.39, 0.29) is 23.9 Å². The number of carbonyl (C=O) groups excluding carboxylic acids is 1. The Labute approximate surface area is 136 Å². The van der Waals surface area contributed by atoms with Crippen LogP contribution in [0.5, 0.6) is 5.75 Å². The maximum absolute atomic E-state index is 12.8. The SMILES string of the molecule is CCC1(CO)CCCN1CC(=O)NCCOc1ccc(F)cc1. The molecule has 0 radical (unpaired) electrons. The van der Waals surface area contributed by atoms with Gasteiger partial charge in [-0.1, -0.05) is 6.92 Å². The molecular formula is C17H25FN2O3. The number of likely N-dealkylation sites (tertiary alicyclic amines) is 1. The number of rotatable bonds is 8. The molecule has 1 amide bonds. The minimum absolute atomic E-state index is 0.0686. The van der Waals surface area contributed by atoms with Crippen molar-refractivity contribution >= 4 is 5.91 Å². The van der Waals surface area contributed by atoms with Gasteiger partial charge in [-0.2, -0.15) is 0 Å². The smallest absolute Gasteiger partial charge is 0.234 e. The minimum atomic E-state index is -0.306. The monoisotopic (exact) mass is 324 g/mol. The number of aliphatic hydroxyl groups excluding tert-OH is 1. The highest BCUT2D eigenvalue weighted by atomic mass is 19.1. The van der Waals surface area contributed by atoms with Gasteiger partial charge in [-0.05, 0) is 50.1 Å². The molecule has 1 fully saturated rings. The van der Waals surface area contributed by atoms with Gasteiger partial charge in [0.1, 0.15) is 18.2 Å². The summed E-state index contributed by atoms with van der Waals surface area (Å²) in [5.41, 5.74) is -0.248. The first-order chi connectivity index (χ1) is 11.1. The summed E-state index contributed by atoms with van der Waals surface area (Å²) in [7, 11) is 0. The number of nitrogens with one attached hydrogen (secondary N) is 1. The Hall–Kier alpha value is -1.66. The lowest BCUT2D eigenvalue weighted by Crippen LogP contribution is -2.50. The van der Waals surface area contributed by atoms with Gasteiger partial charge >= 0.3 is 0 Å². The van der Waals surface area contributed by atoms with E-state index in [0.717, 1.165) is 25.8 Å². The van der Waals surface area contributed by atoms with Crippen molar-refractivity contribution in [3.8, 4) is 5.75 Å². The van der Waals surface area contributed by atoms with Crippen molar-refractivity contribution in [3.05, 3.63) is 30.1 Å². The molecule has 0 aromatic heterocycles. The molecule has 1 aliphatic heterocycles. The second kappa shape index (κ2) is 8.26. The van der Waals surface area contributed by atoms with Crippen molar-refractivity contribution < 1.29 is 19.0 Å². The number of carbonyl (C=O) groups is 1. The van der Waals surface area contributed by atoms with Crippen LogP contribution in [0.25, 0.3) is 0 Å². The van der Waals surface area contributed by atoms with Crippen LogP contribution in [-0.2, 0) is 4.79 Å². The molecule has 1 aromatic carbocycles. The zero-order chi connectivity index (χ0) is 16.7. The number of ether oxygens (including phenoxy) is 1. The fourth-order valence-corrected chi connectivity index (χ4v) is 3.05. The van der Waals surface area contributed by atoms with Crippen LogP contribution in [0.4, 0.5) is 4.39 Å². The van der Waals surface area contributed by atoms with Crippen LogP contribution in [0.2, 0.25) is 0 Å². The maximum Gasteiger partial charge on any atom is 0.234 e. The molecule has 2 rings (SSSR count). The molecule has 1 heterocycles. The summed E-state index contributed by atoms with van der Waals surface area (Å²) in [4.78, 5) is 14.1. The first-order valence-electron chi connectivity index (χ1n) is 8.10. The highest BCUT2D eigenvalue weighted by Gasteiger charge is 2.39. The molecule has 23 heavy (non-hydrogen) atoms. The fourth-order valence-electron chi connectivity index (χ4n) is 3.05. The van der Waals surface area contributed by atoms with Gasteiger partial charge in [0.05, 0.1) is 19.7 Å². The predicted octanol–water partition coefficient (Wildman–Crippen LogP) is 1.56. The summed E-state index contributed by atoms with van der Waals surface area (Å²) in [5, 5.41) is 12.5. The number of halogens is 1.